The highest BCUT2D eigenvalue weighted by molar-refractivity contribution is 6.03. The first-order valence-electron chi connectivity index (χ1n) is 6.81. The summed E-state index contributed by atoms with van der Waals surface area (Å²) >= 11 is 0. The van der Waals surface area contributed by atoms with Gasteiger partial charge in [0.1, 0.15) is 5.78 Å². The fourth-order valence-electron chi connectivity index (χ4n) is 2.08. The van der Waals surface area contributed by atoms with Crippen LogP contribution in [0.3, 0.4) is 0 Å². The highest BCUT2D eigenvalue weighted by Crippen LogP contribution is 2.36. The van der Waals surface area contributed by atoms with E-state index in [1.807, 2.05) is 16.8 Å². The molecule has 0 unspecified atom stereocenters. The van der Waals surface area contributed by atoms with Crippen LogP contribution in [0.15, 0.2) is 24.3 Å². The Balaban J connectivity index is 1.73. The molecule has 1 fully saturated rings. The first-order valence-corrected chi connectivity index (χ1v) is 6.81. The molecule has 1 aliphatic carbocycles. The molecule has 21 heavy (non-hydrogen) atoms. The minimum absolute atomic E-state index is 0.109. The molecule has 108 valence electrons. The molecule has 2 aromatic rings. The van der Waals surface area contributed by atoms with Gasteiger partial charge in [-0.15, -0.1) is 5.10 Å². The van der Waals surface area contributed by atoms with Gasteiger partial charge in [-0.05, 0) is 54.5 Å². The zero-order chi connectivity index (χ0) is 14.8. The SMILES string of the molecule is CC(=O)CC(=O)Nc1ccc(-c2nnnn2C2CC2)cc1. The van der Waals surface area contributed by atoms with Crippen LogP contribution in [0.1, 0.15) is 32.2 Å². The number of aromatic nitrogens is 4. The number of nitrogens with zero attached hydrogens (tertiary/aromatic N) is 4. The normalized spacial score (nSPS) is 14.0. The summed E-state index contributed by atoms with van der Waals surface area (Å²) in [5, 5.41) is 14.5. The lowest BCUT2D eigenvalue weighted by molar-refractivity contribution is -0.124. The van der Waals surface area contributed by atoms with Gasteiger partial charge in [0.25, 0.3) is 0 Å². The quantitative estimate of drug-likeness (QED) is 0.843. The summed E-state index contributed by atoms with van der Waals surface area (Å²) in [6.45, 7) is 1.39. The molecule has 1 aromatic heterocycles. The number of rotatable bonds is 5. The van der Waals surface area contributed by atoms with Crippen molar-refractivity contribution >= 4 is 17.4 Å². The van der Waals surface area contributed by atoms with Crippen molar-refractivity contribution in [2.45, 2.75) is 32.2 Å². The van der Waals surface area contributed by atoms with Crippen LogP contribution in [0.5, 0.6) is 0 Å². The van der Waals surface area contributed by atoms with E-state index in [0.717, 1.165) is 24.2 Å². The summed E-state index contributed by atoms with van der Waals surface area (Å²) in [5.74, 6) is 0.268. The number of nitrogens with one attached hydrogen (secondary N) is 1. The molecule has 0 atom stereocenters. The first-order chi connectivity index (χ1) is 10.1. The van der Waals surface area contributed by atoms with Gasteiger partial charge in [-0.1, -0.05) is 0 Å². The third kappa shape index (κ3) is 3.13. The maximum absolute atomic E-state index is 11.5. The van der Waals surface area contributed by atoms with Crippen LogP contribution < -0.4 is 5.32 Å². The predicted octanol–water partition coefficient (Wildman–Crippen LogP) is 1.59. The number of Topliss-reactive ketones (excluding diaryl/α,β-unsaturated/α-hetero) is 1. The second-order valence-corrected chi connectivity index (χ2v) is 5.18. The summed E-state index contributed by atoms with van der Waals surface area (Å²) in [6, 6.07) is 7.67. The molecule has 0 bridgehead atoms. The number of hydrogen-bond acceptors (Lipinski definition) is 5. The first kappa shape index (κ1) is 13.4. The lowest BCUT2D eigenvalue weighted by atomic mass is 10.2. The molecule has 1 amide bonds. The average molecular weight is 285 g/mol. The molecule has 0 saturated heterocycles. The van der Waals surface area contributed by atoms with Crippen molar-refractivity contribution in [2.75, 3.05) is 5.32 Å². The van der Waals surface area contributed by atoms with E-state index in [0.29, 0.717) is 11.7 Å². The third-order valence-electron chi connectivity index (χ3n) is 3.22. The van der Waals surface area contributed by atoms with Crippen LogP contribution in [-0.4, -0.2) is 31.9 Å². The van der Waals surface area contributed by atoms with Crippen LogP contribution in [0.2, 0.25) is 0 Å². The van der Waals surface area contributed by atoms with Crippen LogP contribution >= 0.6 is 0 Å². The molecule has 0 aliphatic heterocycles. The standard InChI is InChI=1S/C14H15N5O2/c1-9(20)8-13(21)15-11-4-2-10(3-5-11)14-16-17-18-19(14)12-6-7-12/h2-5,12H,6-8H2,1H3,(H,15,21). The number of tetrazole rings is 1. The van der Waals surface area contributed by atoms with E-state index in [1.54, 1.807) is 12.1 Å². The van der Waals surface area contributed by atoms with Gasteiger partial charge >= 0.3 is 0 Å². The Hall–Kier alpha value is -2.57. The Bertz CT molecular complexity index is 673. The van der Waals surface area contributed by atoms with Crippen molar-refractivity contribution in [2.24, 2.45) is 0 Å². The second-order valence-electron chi connectivity index (χ2n) is 5.18. The highest BCUT2D eigenvalue weighted by atomic mass is 16.2. The van der Waals surface area contributed by atoms with E-state index in [1.165, 1.54) is 6.92 Å². The van der Waals surface area contributed by atoms with Gasteiger partial charge in [-0.3, -0.25) is 9.59 Å². The number of carbonyl (C=O) groups excluding carboxylic acids is 2. The lowest BCUT2D eigenvalue weighted by Gasteiger charge is -2.06. The van der Waals surface area contributed by atoms with E-state index in [4.69, 9.17) is 0 Å². The number of ketones is 1. The topological polar surface area (TPSA) is 89.8 Å². The van der Waals surface area contributed by atoms with Gasteiger partial charge in [-0.25, -0.2) is 4.68 Å². The Morgan fingerprint density at radius 2 is 2.00 bits per heavy atom. The third-order valence-corrected chi connectivity index (χ3v) is 3.22. The largest absolute Gasteiger partial charge is 0.326 e. The maximum Gasteiger partial charge on any atom is 0.231 e. The Kier molecular flexibility index (Phi) is 3.47. The molecular weight excluding hydrogens is 270 g/mol. The van der Waals surface area contributed by atoms with Gasteiger partial charge in [0.15, 0.2) is 5.82 Å². The van der Waals surface area contributed by atoms with Crippen LogP contribution in [-0.2, 0) is 9.59 Å². The van der Waals surface area contributed by atoms with Crippen molar-refractivity contribution in [3.05, 3.63) is 24.3 Å². The van der Waals surface area contributed by atoms with E-state index in [2.05, 4.69) is 20.8 Å². The molecule has 1 heterocycles. The van der Waals surface area contributed by atoms with Crippen molar-refractivity contribution in [1.29, 1.82) is 0 Å². The van der Waals surface area contributed by atoms with Gasteiger partial charge in [0, 0.05) is 11.3 Å². The molecule has 1 N–H and O–H groups in total. The molecule has 7 nitrogen and oxygen atoms in total. The van der Waals surface area contributed by atoms with Crippen LogP contribution in [0.4, 0.5) is 5.69 Å². The summed E-state index contributed by atoms with van der Waals surface area (Å²) < 4.78 is 1.84. The minimum Gasteiger partial charge on any atom is -0.326 e. The average Bonchev–Trinajstić information content (AvgIpc) is 3.16. The minimum atomic E-state index is -0.307. The summed E-state index contributed by atoms with van der Waals surface area (Å²) in [7, 11) is 0. The molecule has 0 spiro atoms. The maximum atomic E-state index is 11.5. The summed E-state index contributed by atoms with van der Waals surface area (Å²) in [5.41, 5.74) is 1.55. The van der Waals surface area contributed by atoms with Crippen LogP contribution in [0.25, 0.3) is 11.4 Å². The Morgan fingerprint density at radius 1 is 1.29 bits per heavy atom. The fourth-order valence-corrected chi connectivity index (χ4v) is 2.08. The smallest absolute Gasteiger partial charge is 0.231 e. The monoisotopic (exact) mass is 285 g/mol. The van der Waals surface area contributed by atoms with E-state index >= 15 is 0 Å². The van der Waals surface area contributed by atoms with Crippen molar-refractivity contribution < 1.29 is 9.59 Å². The van der Waals surface area contributed by atoms with Crippen molar-refractivity contribution in [3.63, 3.8) is 0 Å². The molecule has 1 aliphatic rings. The molecule has 3 rings (SSSR count). The molecule has 7 heteroatoms. The van der Waals surface area contributed by atoms with Gasteiger partial charge in [0.05, 0.1) is 12.5 Å². The van der Waals surface area contributed by atoms with Gasteiger partial charge in [0.2, 0.25) is 5.91 Å². The fraction of sp³-hybridized carbons (Fsp3) is 0.357. The Morgan fingerprint density at radius 3 is 2.62 bits per heavy atom. The summed E-state index contributed by atoms with van der Waals surface area (Å²) in [4.78, 5) is 22.4. The van der Waals surface area contributed by atoms with E-state index < -0.39 is 0 Å². The Labute approximate surface area is 121 Å². The van der Waals surface area contributed by atoms with Crippen molar-refractivity contribution in [1.82, 2.24) is 20.2 Å². The van der Waals surface area contributed by atoms with Crippen molar-refractivity contribution in [3.8, 4) is 11.4 Å². The zero-order valence-electron chi connectivity index (χ0n) is 11.6. The number of amides is 1. The van der Waals surface area contributed by atoms with E-state index in [9.17, 15) is 9.59 Å². The molecule has 1 saturated carbocycles. The lowest BCUT2D eigenvalue weighted by Crippen LogP contribution is -2.14. The zero-order valence-corrected chi connectivity index (χ0v) is 11.6. The number of hydrogen-bond donors (Lipinski definition) is 1. The van der Waals surface area contributed by atoms with E-state index in [-0.39, 0.29) is 18.1 Å². The number of benzene rings is 1. The second kappa shape index (κ2) is 5.43. The van der Waals surface area contributed by atoms with Gasteiger partial charge < -0.3 is 5.32 Å². The van der Waals surface area contributed by atoms with Gasteiger partial charge in [-0.2, -0.15) is 0 Å². The molecular formula is C14H15N5O2. The number of carbonyl (C=O) groups is 2. The molecule has 0 radical (unpaired) electrons. The predicted molar refractivity (Wildman–Crippen MR) is 75.5 cm³/mol. The van der Waals surface area contributed by atoms with Crippen LogP contribution in [0, 0.1) is 0 Å². The molecule has 1 aromatic carbocycles. The summed E-state index contributed by atoms with van der Waals surface area (Å²) in [6.07, 6.45) is 2.11. The number of anilines is 1. The highest BCUT2D eigenvalue weighted by Gasteiger charge is 2.28.